The van der Waals surface area contributed by atoms with Crippen molar-refractivity contribution in [3.05, 3.63) is 12.3 Å². The molecule has 1 N–H and O–H groups in total. The maximum atomic E-state index is 9.27. The van der Waals surface area contributed by atoms with Crippen molar-refractivity contribution in [2.24, 2.45) is 0 Å². The molecule has 0 amide bonds. The topological polar surface area (TPSA) is 38.7 Å². The van der Waals surface area contributed by atoms with Gasteiger partial charge in [-0.25, -0.2) is 0 Å². The Morgan fingerprint density at radius 3 is 2.40 bits per heavy atom. The second-order valence-corrected chi connectivity index (χ2v) is 7.46. The van der Waals surface area contributed by atoms with Gasteiger partial charge in [0.15, 0.2) is 0 Å². The van der Waals surface area contributed by atoms with Crippen LogP contribution in [0.25, 0.3) is 0 Å². The standard InChI is InChI=1S/C5H14O3Si2/c1-5-10(4,6)8-7-9(2)3/h5-6,9H,1H2,2-4H3. The Morgan fingerprint density at radius 2 is 2.10 bits per heavy atom. The third-order valence-electron chi connectivity index (χ3n) is 0.788. The van der Waals surface area contributed by atoms with E-state index >= 15 is 0 Å². The van der Waals surface area contributed by atoms with Crippen LogP contribution in [0.1, 0.15) is 0 Å². The number of hydrogen-bond donors (Lipinski definition) is 1. The van der Waals surface area contributed by atoms with Crippen LogP contribution in [0, 0.1) is 0 Å². The molecule has 10 heavy (non-hydrogen) atoms. The summed E-state index contributed by atoms with van der Waals surface area (Å²) in [5.41, 5.74) is 1.42. The Kier molecular flexibility index (Phi) is 4.06. The molecule has 0 radical (unpaired) electrons. The lowest BCUT2D eigenvalue weighted by atomic mass is 11.3. The summed E-state index contributed by atoms with van der Waals surface area (Å²) >= 11 is 0. The SMILES string of the molecule is C=C[Si](C)(O)OO[SiH](C)C. The third kappa shape index (κ3) is 4.89. The fourth-order valence-corrected chi connectivity index (χ4v) is 1.84. The predicted molar refractivity (Wildman–Crippen MR) is 45.1 cm³/mol. The maximum absolute atomic E-state index is 9.27. The van der Waals surface area contributed by atoms with Crippen LogP contribution in [0.5, 0.6) is 0 Å². The van der Waals surface area contributed by atoms with Gasteiger partial charge in [-0.2, -0.15) is 0 Å². The zero-order valence-corrected chi connectivity index (χ0v) is 8.78. The molecule has 0 aliphatic rings. The van der Waals surface area contributed by atoms with Crippen molar-refractivity contribution in [2.45, 2.75) is 19.6 Å². The van der Waals surface area contributed by atoms with Crippen LogP contribution in [0.4, 0.5) is 0 Å². The molecule has 0 heterocycles. The lowest BCUT2D eigenvalue weighted by Gasteiger charge is -2.15. The summed E-state index contributed by atoms with van der Waals surface area (Å²) in [4.78, 5) is 9.27. The van der Waals surface area contributed by atoms with E-state index in [0.29, 0.717) is 0 Å². The minimum Gasteiger partial charge on any atom is -0.406 e. The fourth-order valence-electron chi connectivity index (χ4n) is 0.228. The second-order valence-electron chi connectivity index (χ2n) is 2.49. The van der Waals surface area contributed by atoms with Gasteiger partial charge in [-0.05, 0) is 25.3 Å². The highest BCUT2D eigenvalue weighted by molar-refractivity contribution is 6.70. The van der Waals surface area contributed by atoms with E-state index in [4.69, 9.17) is 9.15 Å². The van der Waals surface area contributed by atoms with Gasteiger partial charge in [0, 0.05) is 0 Å². The van der Waals surface area contributed by atoms with Crippen molar-refractivity contribution in [3.63, 3.8) is 0 Å². The summed E-state index contributed by atoms with van der Waals surface area (Å²) in [6.07, 6.45) is 0. The van der Waals surface area contributed by atoms with Crippen molar-refractivity contribution >= 4 is 17.6 Å². The first-order valence-corrected chi connectivity index (χ1v) is 8.40. The first-order chi connectivity index (χ1) is 4.48. The maximum Gasteiger partial charge on any atom is 0.392 e. The van der Waals surface area contributed by atoms with Crippen LogP contribution < -0.4 is 0 Å². The molecular formula is C5H14O3Si2. The van der Waals surface area contributed by atoms with Gasteiger partial charge in [-0.15, -0.1) is 6.58 Å². The number of hydrogen-bond acceptors (Lipinski definition) is 3. The Bertz CT molecular complexity index is 113. The molecule has 3 nitrogen and oxygen atoms in total. The van der Waals surface area contributed by atoms with E-state index in [9.17, 15) is 4.80 Å². The first kappa shape index (κ1) is 10.1. The van der Waals surface area contributed by atoms with Crippen molar-refractivity contribution in [3.8, 4) is 0 Å². The van der Waals surface area contributed by atoms with Crippen LogP contribution in [-0.4, -0.2) is 22.4 Å². The molecule has 0 fully saturated rings. The largest absolute Gasteiger partial charge is 0.406 e. The zero-order valence-electron chi connectivity index (χ0n) is 6.63. The molecule has 0 spiro atoms. The molecule has 0 aliphatic heterocycles. The molecule has 0 saturated heterocycles. The lowest BCUT2D eigenvalue weighted by molar-refractivity contribution is -0.130. The molecule has 0 aromatic carbocycles. The summed E-state index contributed by atoms with van der Waals surface area (Å²) < 4.78 is 9.66. The van der Waals surface area contributed by atoms with Crippen LogP contribution in [-0.2, 0) is 9.15 Å². The molecule has 0 bridgehead atoms. The third-order valence-corrected chi connectivity index (χ3v) is 2.65. The average molecular weight is 178 g/mol. The van der Waals surface area contributed by atoms with Crippen LogP contribution in [0.2, 0.25) is 19.6 Å². The highest BCUT2D eigenvalue weighted by atomic mass is 28.4. The Hall–Kier alpha value is 0.0538. The molecule has 1 unspecified atom stereocenters. The second kappa shape index (κ2) is 4.04. The summed E-state index contributed by atoms with van der Waals surface area (Å²) in [5.74, 6) is 0. The van der Waals surface area contributed by atoms with E-state index in [1.807, 2.05) is 13.1 Å². The van der Waals surface area contributed by atoms with E-state index in [-0.39, 0.29) is 0 Å². The molecule has 0 rings (SSSR count). The van der Waals surface area contributed by atoms with Gasteiger partial charge >= 0.3 is 8.56 Å². The first-order valence-electron chi connectivity index (χ1n) is 3.18. The van der Waals surface area contributed by atoms with Gasteiger partial charge in [0.25, 0.3) is 0 Å². The molecule has 0 aliphatic carbocycles. The van der Waals surface area contributed by atoms with Crippen LogP contribution in [0.3, 0.4) is 0 Å². The van der Waals surface area contributed by atoms with Gasteiger partial charge in [0.1, 0.15) is 0 Å². The number of rotatable bonds is 4. The van der Waals surface area contributed by atoms with Gasteiger partial charge < -0.3 is 4.80 Å². The highest BCUT2D eigenvalue weighted by Crippen LogP contribution is 2.01. The molecule has 0 aromatic rings. The fraction of sp³-hybridized carbons (Fsp3) is 0.600. The average Bonchev–Trinajstić information content (AvgIpc) is 1.85. The van der Waals surface area contributed by atoms with Gasteiger partial charge in [0.05, 0.1) is 0 Å². The van der Waals surface area contributed by atoms with Crippen molar-refractivity contribution in [2.75, 3.05) is 0 Å². The van der Waals surface area contributed by atoms with E-state index in [2.05, 4.69) is 6.58 Å². The zero-order chi connectivity index (χ0) is 8.20. The normalized spacial score (nSPS) is 16.9. The van der Waals surface area contributed by atoms with E-state index in [1.54, 1.807) is 6.55 Å². The Balaban J connectivity index is 3.56. The van der Waals surface area contributed by atoms with Crippen molar-refractivity contribution in [1.29, 1.82) is 0 Å². The summed E-state index contributed by atoms with van der Waals surface area (Å²) in [7, 11) is -3.84. The van der Waals surface area contributed by atoms with Crippen molar-refractivity contribution in [1.82, 2.24) is 0 Å². The molecule has 0 aromatic heterocycles. The minimum absolute atomic E-state index is 1.18. The molecule has 60 valence electrons. The summed E-state index contributed by atoms with van der Waals surface area (Å²) in [6.45, 7) is 8.97. The smallest absolute Gasteiger partial charge is 0.392 e. The van der Waals surface area contributed by atoms with Gasteiger partial charge in [-0.3, -0.25) is 9.15 Å². The van der Waals surface area contributed by atoms with E-state index in [1.165, 1.54) is 5.70 Å². The highest BCUT2D eigenvalue weighted by Gasteiger charge is 2.24. The monoisotopic (exact) mass is 178 g/mol. The van der Waals surface area contributed by atoms with Gasteiger partial charge in [0.2, 0.25) is 9.04 Å². The van der Waals surface area contributed by atoms with E-state index < -0.39 is 17.6 Å². The quantitative estimate of drug-likeness (QED) is 0.391. The van der Waals surface area contributed by atoms with Crippen molar-refractivity contribution < 1.29 is 13.9 Å². The summed E-state index contributed by atoms with van der Waals surface area (Å²) in [6, 6.07) is 0. The Morgan fingerprint density at radius 1 is 1.60 bits per heavy atom. The van der Waals surface area contributed by atoms with Crippen LogP contribution >= 0.6 is 0 Å². The predicted octanol–water partition coefficient (Wildman–Crippen LogP) is 0.707. The van der Waals surface area contributed by atoms with Crippen LogP contribution in [0.15, 0.2) is 12.3 Å². The summed E-state index contributed by atoms with van der Waals surface area (Å²) in [5, 5.41) is 0. The molecular weight excluding hydrogens is 164 g/mol. The van der Waals surface area contributed by atoms with E-state index in [0.717, 1.165) is 0 Å². The van der Waals surface area contributed by atoms with Gasteiger partial charge in [-0.1, -0.05) is 0 Å². The molecule has 5 heteroatoms. The molecule has 1 atom stereocenters. The lowest BCUT2D eigenvalue weighted by Crippen LogP contribution is -2.34. The molecule has 0 saturated carbocycles. The Labute approximate surface area is 64.2 Å². The minimum atomic E-state index is -2.66.